The summed E-state index contributed by atoms with van der Waals surface area (Å²) in [6.45, 7) is 15.3. The highest BCUT2D eigenvalue weighted by Crippen LogP contribution is 2.26. The lowest BCUT2D eigenvalue weighted by molar-refractivity contribution is -0.114. The summed E-state index contributed by atoms with van der Waals surface area (Å²) in [5.41, 5.74) is 5.42. The molecule has 3 aromatic rings. The van der Waals surface area contributed by atoms with E-state index in [0.29, 0.717) is 33.1 Å². The molecule has 0 unspecified atom stereocenters. The normalized spacial score (nSPS) is 10.6. The van der Waals surface area contributed by atoms with Gasteiger partial charge in [-0.05, 0) is 29.4 Å². The number of halogens is 1. The van der Waals surface area contributed by atoms with Crippen molar-refractivity contribution in [1.82, 2.24) is 15.0 Å². The summed E-state index contributed by atoms with van der Waals surface area (Å²) in [6.07, 6.45) is 6.46. The molecular weight excluding hydrogens is 588 g/mol. The van der Waals surface area contributed by atoms with Crippen molar-refractivity contribution in [2.24, 2.45) is 0 Å². The number of hydrogen-bond donors (Lipinski definition) is 3. The van der Waals surface area contributed by atoms with Crippen molar-refractivity contribution in [2.75, 3.05) is 22.0 Å². The minimum Gasteiger partial charge on any atom is -0.375 e. The molecule has 0 saturated carbocycles. The lowest BCUT2D eigenvalue weighted by Crippen LogP contribution is -2.08. The smallest absolute Gasteiger partial charge is 0.231 e. The molecular formula is C23H37ClN6O4S4. The van der Waals surface area contributed by atoms with Gasteiger partial charge in [-0.15, -0.1) is 34.0 Å². The van der Waals surface area contributed by atoms with Gasteiger partial charge in [0, 0.05) is 47.1 Å². The molecule has 0 aliphatic heterocycles. The second-order valence-electron chi connectivity index (χ2n) is 8.73. The van der Waals surface area contributed by atoms with Gasteiger partial charge in [0.25, 0.3) is 0 Å². The van der Waals surface area contributed by atoms with E-state index in [4.69, 9.17) is 5.73 Å². The maximum atomic E-state index is 10.8. The van der Waals surface area contributed by atoms with Crippen LogP contribution in [0.3, 0.4) is 0 Å². The number of aromatic nitrogens is 3. The zero-order valence-electron chi connectivity index (χ0n) is 23.0. The van der Waals surface area contributed by atoms with Crippen LogP contribution >= 0.6 is 45.6 Å². The van der Waals surface area contributed by atoms with Crippen LogP contribution in [0.1, 0.15) is 87.8 Å². The molecule has 3 aromatic heterocycles. The lowest BCUT2D eigenvalue weighted by Gasteiger charge is -1.98. The summed E-state index contributed by atoms with van der Waals surface area (Å²) in [5, 5.41) is 4.08. The first-order valence-corrected chi connectivity index (χ1v) is 16.2. The number of hydrogen-bond acceptors (Lipinski definition) is 11. The number of sulfonamides is 1. The molecule has 0 spiro atoms. The second kappa shape index (κ2) is 17.5. The number of anilines is 3. The Morgan fingerprint density at radius 3 is 1.47 bits per heavy atom. The Morgan fingerprint density at radius 1 is 0.816 bits per heavy atom. The van der Waals surface area contributed by atoms with Crippen molar-refractivity contribution >= 4 is 82.2 Å². The van der Waals surface area contributed by atoms with E-state index in [1.807, 2.05) is 20.0 Å². The van der Waals surface area contributed by atoms with Crippen LogP contribution in [0.5, 0.6) is 0 Å². The molecule has 15 heteroatoms. The van der Waals surface area contributed by atoms with Crippen molar-refractivity contribution in [2.45, 2.75) is 73.1 Å². The van der Waals surface area contributed by atoms with Gasteiger partial charge in [-0.1, -0.05) is 41.5 Å². The number of rotatable bonds is 6. The van der Waals surface area contributed by atoms with E-state index in [9.17, 15) is 18.0 Å². The quantitative estimate of drug-likeness (QED) is 0.263. The SMILES string of the molecule is CC(=O)Cl.CC(=O)Nc1ncc(C(C)C)s1.CC(C)c1cnc(N)s1.CC(C)c1cnc(NS(C)(=O)=O)s1. The molecule has 214 valence electrons. The third-order valence-corrected chi connectivity index (χ3v) is 8.10. The molecule has 0 atom stereocenters. The lowest BCUT2D eigenvalue weighted by atomic mass is 10.2. The van der Waals surface area contributed by atoms with E-state index in [-0.39, 0.29) is 11.1 Å². The number of nitrogens with two attached hydrogens (primary N) is 1. The van der Waals surface area contributed by atoms with Gasteiger partial charge < -0.3 is 11.1 Å². The van der Waals surface area contributed by atoms with E-state index in [1.54, 1.807) is 23.7 Å². The zero-order valence-corrected chi connectivity index (χ0v) is 27.0. The summed E-state index contributed by atoms with van der Waals surface area (Å²) in [7, 11) is -3.19. The van der Waals surface area contributed by atoms with Gasteiger partial charge in [-0.3, -0.25) is 14.3 Å². The van der Waals surface area contributed by atoms with Gasteiger partial charge in [0.05, 0.1) is 6.26 Å². The van der Waals surface area contributed by atoms with Gasteiger partial charge in [-0.2, -0.15) is 0 Å². The Bertz CT molecular complexity index is 1230. The minimum atomic E-state index is -3.19. The van der Waals surface area contributed by atoms with E-state index >= 15 is 0 Å². The topological polar surface area (TPSA) is 157 Å². The minimum absolute atomic E-state index is 0.0698. The summed E-state index contributed by atoms with van der Waals surface area (Å²) in [4.78, 5) is 35.3. The van der Waals surface area contributed by atoms with Crippen LogP contribution < -0.4 is 15.8 Å². The summed E-state index contributed by atoms with van der Waals surface area (Å²) < 4.78 is 24.0. The molecule has 3 heterocycles. The Labute approximate surface area is 242 Å². The van der Waals surface area contributed by atoms with Crippen molar-refractivity contribution in [3.05, 3.63) is 33.2 Å². The third kappa shape index (κ3) is 17.4. The summed E-state index contributed by atoms with van der Waals surface area (Å²) >= 11 is 9.09. The molecule has 10 nitrogen and oxygen atoms in total. The Kier molecular flexibility index (Phi) is 16.5. The third-order valence-electron chi connectivity index (χ3n) is 3.85. The van der Waals surface area contributed by atoms with E-state index < -0.39 is 10.0 Å². The molecule has 4 N–H and O–H groups in total. The number of nitrogens with one attached hydrogen (secondary N) is 2. The molecule has 0 saturated heterocycles. The first kappa shape index (κ1) is 35.9. The van der Waals surface area contributed by atoms with Gasteiger partial charge >= 0.3 is 0 Å². The number of carbonyl (C=O) groups is 2. The molecule has 0 aliphatic carbocycles. The van der Waals surface area contributed by atoms with Crippen molar-refractivity contribution in [3.8, 4) is 0 Å². The molecule has 3 rings (SSSR count). The monoisotopic (exact) mass is 624 g/mol. The van der Waals surface area contributed by atoms with E-state index in [2.05, 4.69) is 64.3 Å². The second-order valence-corrected chi connectivity index (χ2v) is 14.2. The largest absolute Gasteiger partial charge is 0.375 e. The number of nitrogens with zero attached hydrogens (tertiary/aromatic N) is 3. The number of nitrogen functional groups attached to an aromatic ring is 1. The number of carbonyl (C=O) groups excluding carboxylic acids is 2. The van der Waals surface area contributed by atoms with Gasteiger partial charge in [0.15, 0.2) is 15.4 Å². The first-order chi connectivity index (χ1) is 17.4. The molecule has 1 amide bonds. The van der Waals surface area contributed by atoms with Crippen LogP contribution in [-0.4, -0.2) is 40.8 Å². The Hall–Kier alpha value is -2.13. The fourth-order valence-electron chi connectivity index (χ4n) is 2.09. The highest BCUT2D eigenvalue weighted by atomic mass is 35.5. The molecule has 0 bridgehead atoms. The highest BCUT2D eigenvalue weighted by molar-refractivity contribution is 7.92. The maximum Gasteiger partial charge on any atom is 0.231 e. The average Bonchev–Trinajstić information content (AvgIpc) is 3.48. The van der Waals surface area contributed by atoms with Crippen LogP contribution in [0.25, 0.3) is 0 Å². The van der Waals surface area contributed by atoms with Crippen LogP contribution in [0, 0.1) is 0 Å². The Balaban J connectivity index is 0.000000511. The maximum absolute atomic E-state index is 10.8. The van der Waals surface area contributed by atoms with Crippen molar-refractivity contribution in [1.29, 1.82) is 0 Å². The van der Waals surface area contributed by atoms with Crippen molar-refractivity contribution in [3.63, 3.8) is 0 Å². The number of thiazole rings is 3. The van der Waals surface area contributed by atoms with Crippen LogP contribution in [-0.2, 0) is 19.6 Å². The van der Waals surface area contributed by atoms with Gasteiger partial charge in [0.2, 0.25) is 21.2 Å². The Morgan fingerprint density at radius 2 is 1.18 bits per heavy atom. The molecule has 0 aromatic carbocycles. The standard InChI is InChI=1S/C8H12N2OS.C7H12N2O2S2.C6H10N2S.C2H3ClO/c1-5(2)7-4-9-8(12-7)10-6(3)11;1-5(2)6-4-8-7(12-6)9-13(3,10)11;1-4(2)5-3-8-6(7)9-5;1-2(3)4/h4-5H,1-3H3,(H,9,10,11);4-5H,1-3H3,(H,8,9);3-4H,1-2H3,(H2,7,8);1H3. The molecule has 0 aliphatic rings. The van der Waals surface area contributed by atoms with E-state index in [0.717, 1.165) is 11.1 Å². The average molecular weight is 625 g/mol. The fourth-order valence-corrected chi connectivity index (χ4v) is 5.30. The van der Waals surface area contributed by atoms with Crippen LogP contribution in [0.15, 0.2) is 18.6 Å². The number of amides is 1. The predicted molar refractivity (Wildman–Crippen MR) is 162 cm³/mol. The molecule has 38 heavy (non-hydrogen) atoms. The van der Waals surface area contributed by atoms with Gasteiger partial charge in [0.1, 0.15) is 0 Å². The van der Waals surface area contributed by atoms with E-state index in [1.165, 1.54) is 46.3 Å². The summed E-state index contributed by atoms with van der Waals surface area (Å²) in [5.74, 6) is 1.34. The predicted octanol–water partition coefficient (Wildman–Crippen LogP) is 6.48. The fraction of sp³-hybridized carbons (Fsp3) is 0.522. The first-order valence-electron chi connectivity index (χ1n) is 11.4. The zero-order chi connectivity index (χ0) is 29.6. The van der Waals surface area contributed by atoms with Gasteiger partial charge in [-0.25, -0.2) is 23.4 Å². The molecule has 0 radical (unpaired) electrons. The van der Waals surface area contributed by atoms with Crippen LogP contribution in [0.2, 0.25) is 0 Å². The summed E-state index contributed by atoms with van der Waals surface area (Å²) in [6, 6.07) is 0. The van der Waals surface area contributed by atoms with Crippen molar-refractivity contribution < 1.29 is 18.0 Å². The van der Waals surface area contributed by atoms with Crippen LogP contribution in [0.4, 0.5) is 15.4 Å². The highest BCUT2D eigenvalue weighted by Gasteiger charge is 2.08. The molecule has 0 fully saturated rings.